The number of rotatable bonds is 12. The van der Waals surface area contributed by atoms with Gasteiger partial charge in [-0.25, -0.2) is 0 Å². The van der Waals surface area contributed by atoms with E-state index >= 15 is 0 Å². The Hall–Kier alpha value is -0.440. The van der Waals surface area contributed by atoms with Gasteiger partial charge in [0.2, 0.25) is 0 Å². The standard InChI is InChI=1S/C34H58F2O/c1-2-6-26-15-19-30(20-16-26)32-23-24-33(37-25-32)31-21-17-28(18-22-31)8-4-3-7-27-11-13-29(14-12-27)9-5-10-34(35)36/h10,26-33H,2-9,11-25H2,1H3. The summed E-state index contributed by atoms with van der Waals surface area (Å²) >= 11 is 0. The van der Waals surface area contributed by atoms with Crippen molar-refractivity contribution < 1.29 is 13.5 Å². The molecule has 0 bridgehead atoms. The molecular formula is C34H58F2O. The van der Waals surface area contributed by atoms with Crippen molar-refractivity contribution in [3.63, 3.8) is 0 Å². The normalized spacial score (nSPS) is 37.3. The minimum atomic E-state index is -1.51. The lowest BCUT2D eigenvalue weighted by atomic mass is 9.71. The second kappa shape index (κ2) is 16.0. The molecule has 1 heterocycles. The van der Waals surface area contributed by atoms with Crippen molar-refractivity contribution in [1.29, 1.82) is 0 Å². The van der Waals surface area contributed by atoms with Gasteiger partial charge in [-0.1, -0.05) is 96.8 Å². The average molecular weight is 521 g/mol. The van der Waals surface area contributed by atoms with Gasteiger partial charge in [0.05, 0.1) is 12.7 Å². The predicted octanol–water partition coefficient (Wildman–Crippen LogP) is 11.1. The summed E-state index contributed by atoms with van der Waals surface area (Å²) in [5.41, 5.74) is 0. The number of unbranched alkanes of at least 4 members (excludes halogenated alkanes) is 1. The van der Waals surface area contributed by atoms with Crippen molar-refractivity contribution in [2.75, 3.05) is 6.61 Å². The zero-order chi connectivity index (χ0) is 25.9. The molecule has 3 heteroatoms. The highest BCUT2D eigenvalue weighted by atomic mass is 19.3. The van der Waals surface area contributed by atoms with E-state index in [1.807, 2.05) is 0 Å². The Labute approximate surface area is 228 Å². The fourth-order valence-corrected chi connectivity index (χ4v) is 8.84. The summed E-state index contributed by atoms with van der Waals surface area (Å²) in [6.45, 7) is 3.40. The van der Waals surface area contributed by atoms with E-state index in [4.69, 9.17) is 4.74 Å². The average Bonchev–Trinajstić information content (AvgIpc) is 2.93. The van der Waals surface area contributed by atoms with Crippen molar-refractivity contribution in [2.24, 2.45) is 41.4 Å². The minimum Gasteiger partial charge on any atom is -0.378 e. The van der Waals surface area contributed by atoms with Gasteiger partial charge in [-0.15, -0.1) is 0 Å². The molecule has 0 aromatic rings. The maximum atomic E-state index is 12.2. The molecule has 0 radical (unpaired) electrons. The van der Waals surface area contributed by atoms with E-state index in [2.05, 4.69) is 6.92 Å². The molecule has 2 unspecified atom stereocenters. The number of halogens is 2. The Balaban J connectivity index is 1.01. The van der Waals surface area contributed by atoms with Crippen LogP contribution in [0.4, 0.5) is 8.78 Å². The van der Waals surface area contributed by atoms with E-state index in [-0.39, 0.29) is 0 Å². The van der Waals surface area contributed by atoms with Gasteiger partial charge in [0.1, 0.15) is 0 Å². The maximum Gasteiger partial charge on any atom is 0.266 e. The number of hydrogen-bond donors (Lipinski definition) is 0. The predicted molar refractivity (Wildman–Crippen MR) is 152 cm³/mol. The monoisotopic (exact) mass is 520 g/mol. The molecule has 2 atom stereocenters. The zero-order valence-corrected chi connectivity index (χ0v) is 24.1. The molecule has 37 heavy (non-hydrogen) atoms. The third-order valence-corrected chi connectivity index (χ3v) is 11.3. The molecule has 1 nitrogen and oxygen atoms in total. The quantitative estimate of drug-likeness (QED) is 0.232. The molecule has 214 valence electrons. The Kier molecular flexibility index (Phi) is 12.8. The van der Waals surface area contributed by atoms with E-state index in [1.54, 1.807) is 0 Å². The van der Waals surface area contributed by atoms with Crippen LogP contribution in [0.3, 0.4) is 0 Å². The lowest BCUT2D eigenvalue weighted by Crippen LogP contribution is -2.37. The summed E-state index contributed by atoms with van der Waals surface area (Å²) in [6.07, 6.45) is 29.7. The van der Waals surface area contributed by atoms with Crippen LogP contribution in [0.15, 0.2) is 12.2 Å². The van der Waals surface area contributed by atoms with Crippen LogP contribution in [0.5, 0.6) is 0 Å². The Morgan fingerprint density at radius 2 is 1.08 bits per heavy atom. The number of ether oxygens (including phenoxy) is 1. The summed E-state index contributed by atoms with van der Waals surface area (Å²) in [6, 6.07) is 0. The summed E-state index contributed by atoms with van der Waals surface area (Å²) < 4.78 is 31.0. The fraction of sp³-hybridized carbons (Fsp3) is 0.941. The van der Waals surface area contributed by atoms with Crippen LogP contribution < -0.4 is 0 Å². The molecule has 0 aromatic heterocycles. The van der Waals surface area contributed by atoms with Crippen molar-refractivity contribution >= 4 is 0 Å². The largest absolute Gasteiger partial charge is 0.378 e. The molecule has 0 N–H and O–H groups in total. The van der Waals surface area contributed by atoms with Crippen molar-refractivity contribution in [2.45, 2.75) is 154 Å². The van der Waals surface area contributed by atoms with E-state index in [0.717, 1.165) is 54.6 Å². The molecule has 3 aliphatic carbocycles. The van der Waals surface area contributed by atoms with Crippen molar-refractivity contribution in [3.05, 3.63) is 12.2 Å². The van der Waals surface area contributed by atoms with E-state index < -0.39 is 6.08 Å². The van der Waals surface area contributed by atoms with Gasteiger partial charge in [-0.2, -0.15) is 8.78 Å². The Bertz CT molecular complexity index is 626. The van der Waals surface area contributed by atoms with Gasteiger partial charge in [0.25, 0.3) is 6.08 Å². The molecular weight excluding hydrogens is 462 g/mol. The molecule has 4 aliphatic rings. The van der Waals surface area contributed by atoms with Crippen LogP contribution in [0.25, 0.3) is 0 Å². The molecule has 0 aromatic carbocycles. The summed E-state index contributed by atoms with van der Waals surface area (Å²) in [7, 11) is 0. The Morgan fingerprint density at radius 1 is 0.595 bits per heavy atom. The van der Waals surface area contributed by atoms with Crippen LogP contribution in [0, 0.1) is 41.4 Å². The molecule has 0 spiro atoms. The SMILES string of the molecule is CCCC1CCC(C2CCC(C3CCC(CCCCC4CCC(CCC=C(F)F)CC4)CC3)OC2)CC1. The van der Waals surface area contributed by atoms with Gasteiger partial charge in [-0.3, -0.25) is 0 Å². The molecule has 0 amide bonds. The van der Waals surface area contributed by atoms with Gasteiger partial charge in [0.15, 0.2) is 0 Å². The lowest BCUT2D eigenvalue weighted by molar-refractivity contribution is -0.0741. The maximum absolute atomic E-state index is 12.2. The zero-order valence-electron chi connectivity index (χ0n) is 24.1. The van der Waals surface area contributed by atoms with E-state index in [1.165, 1.54) is 128 Å². The highest BCUT2D eigenvalue weighted by molar-refractivity contribution is 4.86. The first-order chi connectivity index (χ1) is 18.1. The highest BCUT2D eigenvalue weighted by Crippen LogP contribution is 2.42. The van der Waals surface area contributed by atoms with E-state index in [9.17, 15) is 8.78 Å². The third-order valence-electron chi connectivity index (χ3n) is 11.3. The summed E-state index contributed by atoms with van der Waals surface area (Å²) in [4.78, 5) is 0. The molecule has 1 aliphatic heterocycles. The molecule has 4 fully saturated rings. The van der Waals surface area contributed by atoms with Crippen molar-refractivity contribution in [1.82, 2.24) is 0 Å². The second-order valence-electron chi connectivity index (χ2n) is 13.8. The van der Waals surface area contributed by atoms with Gasteiger partial charge in [-0.05, 0) is 98.9 Å². The van der Waals surface area contributed by atoms with Crippen LogP contribution in [0.1, 0.15) is 148 Å². The number of allylic oxidation sites excluding steroid dienone is 1. The fourth-order valence-electron chi connectivity index (χ4n) is 8.84. The summed E-state index contributed by atoms with van der Waals surface area (Å²) in [5.74, 6) is 6.22. The topological polar surface area (TPSA) is 9.23 Å². The Morgan fingerprint density at radius 3 is 1.59 bits per heavy atom. The first-order valence-electron chi connectivity index (χ1n) is 16.7. The lowest BCUT2D eigenvalue weighted by Gasteiger charge is -2.41. The van der Waals surface area contributed by atoms with Gasteiger partial charge < -0.3 is 4.74 Å². The first kappa shape index (κ1) is 29.5. The van der Waals surface area contributed by atoms with Crippen LogP contribution in [-0.2, 0) is 4.74 Å². The minimum absolute atomic E-state index is 0.563. The van der Waals surface area contributed by atoms with Crippen LogP contribution >= 0.6 is 0 Å². The first-order valence-corrected chi connectivity index (χ1v) is 16.7. The van der Waals surface area contributed by atoms with Crippen LogP contribution in [-0.4, -0.2) is 12.7 Å². The molecule has 1 saturated heterocycles. The molecule has 3 saturated carbocycles. The van der Waals surface area contributed by atoms with Crippen LogP contribution in [0.2, 0.25) is 0 Å². The highest BCUT2D eigenvalue weighted by Gasteiger charge is 2.35. The van der Waals surface area contributed by atoms with Gasteiger partial charge >= 0.3 is 0 Å². The second-order valence-corrected chi connectivity index (χ2v) is 13.8. The van der Waals surface area contributed by atoms with Crippen molar-refractivity contribution in [3.8, 4) is 0 Å². The van der Waals surface area contributed by atoms with E-state index in [0.29, 0.717) is 18.4 Å². The number of hydrogen-bond acceptors (Lipinski definition) is 1. The third kappa shape index (κ3) is 9.91. The smallest absolute Gasteiger partial charge is 0.266 e. The summed E-state index contributed by atoms with van der Waals surface area (Å²) in [5, 5.41) is 0. The molecule has 4 rings (SSSR count). The van der Waals surface area contributed by atoms with Gasteiger partial charge in [0, 0.05) is 0 Å².